The van der Waals surface area contributed by atoms with Crippen molar-refractivity contribution >= 4 is 18.0 Å². The van der Waals surface area contributed by atoms with Gasteiger partial charge in [0.2, 0.25) is 0 Å². The van der Waals surface area contributed by atoms with Gasteiger partial charge in [0.1, 0.15) is 11.4 Å². The maximum absolute atomic E-state index is 12.3. The minimum absolute atomic E-state index is 0.0632. The molecule has 0 aromatic heterocycles. The molecule has 0 aliphatic rings. The summed E-state index contributed by atoms with van der Waals surface area (Å²) in [6.07, 6.45) is 1.55. The molecule has 0 saturated heterocycles. The van der Waals surface area contributed by atoms with E-state index in [1.54, 1.807) is 49.6 Å². The molecule has 1 N–H and O–H groups in total. The largest absolute Gasteiger partial charge is 0.497 e. The van der Waals surface area contributed by atoms with Crippen molar-refractivity contribution in [3.8, 4) is 5.75 Å². The number of rotatable bonds is 5. The summed E-state index contributed by atoms with van der Waals surface area (Å²) in [4.78, 5) is 24.2. The van der Waals surface area contributed by atoms with E-state index in [1.807, 2.05) is 19.1 Å². The molecule has 0 radical (unpaired) electrons. The summed E-state index contributed by atoms with van der Waals surface area (Å²) in [6.45, 7) is 1.94. The summed E-state index contributed by atoms with van der Waals surface area (Å²) in [5, 5.41) is 2.60. The fourth-order valence-electron chi connectivity index (χ4n) is 2.02. The van der Waals surface area contributed by atoms with Crippen LogP contribution in [0, 0.1) is 6.92 Å². The number of amides is 1. The lowest BCUT2D eigenvalue weighted by atomic mass is 10.1. The first-order chi connectivity index (χ1) is 11.5. The number of methoxy groups -OCH3 is 2. The fourth-order valence-corrected chi connectivity index (χ4v) is 2.02. The third kappa shape index (κ3) is 4.46. The SMILES string of the molecule is COC(=O)C(=Cc1ccc(OC)cc1)NC(=O)c1ccc(C)cc1. The number of benzene rings is 2. The Bertz CT molecular complexity index is 746. The zero-order valence-electron chi connectivity index (χ0n) is 13.8. The van der Waals surface area contributed by atoms with Crippen molar-refractivity contribution in [2.75, 3.05) is 14.2 Å². The zero-order chi connectivity index (χ0) is 17.5. The normalized spacial score (nSPS) is 10.9. The quantitative estimate of drug-likeness (QED) is 0.678. The average Bonchev–Trinajstić information content (AvgIpc) is 2.61. The van der Waals surface area contributed by atoms with Crippen LogP contribution in [0.1, 0.15) is 21.5 Å². The molecule has 0 aliphatic heterocycles. The van der Waals surface area contributed by atoms with Gasteiger partial charge in [-0.15, -0.1) is 0 Å². The molecule has 0 bridgehead atoms. The van der Waals surface area contributed by atoms with E-state index in [9.17, 15) is 9.59 Å². The van der Waals surface area contributed by atoms with Crippen LogP contribution in [0.5, 0.6) is 5.75 Å². The predicted octanol–water partition coefficient (Wildman–Crippen LogP) is 2.95. The molecule has 0 heterocycles. The summed E-state index contributed by atoms with van der Waals surface area (Å²) in [7, 11) is 2.84. The van der Waals surface area contributed by atoms with Crippen LogP contribution in [0.25, 0.3) is 6.08 Å². The van der Waals surface area contributed by atoms with Crippen LogP contribution in [-0.2, 0) is 9.53 Å². The van der Waals surface area contributed by atoms with Crippen molar-refractivity contribution in [1.29, 1.82) is 0 Å². The number of hydrogen-bond donors (Lipinski definition) is 1. The summed E-state index contributed by atoms with van der Waals surface area (Å²) in [5.41, 5.74) is 2.31. The molecule has 24 heavy (non-hydrogen) atoms. The monoisotopic (exact) mass is 325 g/mol. The van der Waals surface area contributed by atoms with Crippen LogP contribution in [0.3, 0.4) is 0 Å². The maximum atomic E-state index is 12.3. The molecule has 2 rings (SSSR count). The molecule has 0 unspecified atom stereocenters. The lowest BCUT2D eigenvalue weighted by molar-refractivity contribution is -0.136. The van der Waals surface area contributed by atoms with E-state index in [0.29, 0.717) is 11.3 Å². The van der Waals surface area contributed by atoms with Gasteiger partial charge >= 0.3 is 5.97 Å². The topological polar surface area (TPSA) is 64.6 Å². The summed E-state index contributed by atoms with van der Waals surface area (Å²) >= 11 is 0. The molecular weight excluding hydrogens is 306 g/mol. The average molecular weight is 325 g/mol. The van der Waals surface area contributed by atoms with Crippen molar-refractivity contribution in [2.24, 2.45) is 0 Å². The number of carbonyl (C=O) groups is 2. The molecule has 5 heteroatoms. The van der Waals surface area contributed by atoms with E-state index in [2.05, 4.69) is 5.32 Å². The van der Waals surface area contributed by atoms with Crippen LogP contribution in [0.2, 0.25) is 0 Å². The van der Waals surface area contributed by atoms with Crippen LogP contribution >= 0.6 is 0 Å². The van der Waals surface area contributed by atoms with Gasteiger partial charge < -0.3 is 14.8 Å². The summed E-state index contributed by atoms with van der Waals surface area (Å²) in [6, 6.07) is 14.2. The molecule has 1 amide bonds. The minimum atomic E-state index is -0.619. The highest BCUT2D eigenvalue weighted by atomic mass is 16.5. The van der Waals surface area contributed by atoms with Crippen LogP contribution in [0.4, 0.5) is 0 Å². The predicted molar refractivity (Wildman–Crippen MR) is 91.6 cm³/mol. The van der Waals surface area contributed by atoms with Crippen LogP contribution in [0.15, 0.2) is 54.2 Å². The number of carbonyl (C=O) groups excluding carboxylic acids is 2. The van der Waals surface area contributed by atoms with Crippen molar-refractivity contribution in [3.05, 3.63) is 70.9 Å². The Kier molecular flexibility index (Phi) is 5.73. The Morgan fingerprint density at radius 2 is 1.58 bits per heavy atom. The van der Waals surface area contributed by atoms with Crippen molar-refractivity contribution in [2.45, 2.75) is 6.92 Å². The summed E-state index contributed by atoms with van der Waals surface area (Å²) < 4.78 is 9.83. The van der Waals surface area contributed by atoms with E-state index in [4.69, 9.17) is 9.47 Å². The lowest BCUT2D eigenvalue weighted by Gasteiger charge is -2.09. The number of aryl methyl sites for hydroxylation is 1. The smallest absolute Gasteiger partial charge is 0.354 e. The van der Waals surface area contributed by atoms with Crippen molar-refractivity contribution in [1.82, 2.24) is 5.32 Å². The van der Waals surface area contributed by atoms with Gasteiger partial charge in [-0.25, -0.2) is 4.79 Å². The Morgan fingerprint density at radius 1 is 0.958 bits per heavy atom. The van der Waals surface area contributed by atoms with Crippen molar-refractivity contribution < 1.29 is 19.1 Å². The first-order valence-corrected chi connectivity index (χ1v) is 7.35. The number of esters is 1. The van der Waals surface area contributed by atoms with E-state index in [-0.39, 0.29) is 11.6 Å². The molecule has 2 aromatic carbocycles. The first-order valence-electron chi connectivity index (χ1n) is 7.35. The highest BCUT2D eigenvalue weighted by Gasteiger charge is 2.14. The Balaban J connectivity index is 2.24. The zero-order valence-corrected chi connectivity index (χ0v) is 13.8. The number of nitrogens with one attached hydrogen (secondary N) is 1. The van der Waals surface area contributed by atoms with E-state index < -0.39 is 5.97 Å². The maximum Gasteiger partial charge on any atom is 0.354 e. The second kappa shape index (κ2) is 7.97. The fraction of sp³-hybridized carbons (Fsp3) is 0.158. The van der Waals surface area contributed by atoms with E-state index >= 15 is 0 Å². The van der Waals surface area contributed by atoms with Gasteiger partial charge in [0.25, 0.3) is 5.91 Å². The highest BCUT2D eigenvalue weighted by Crippen LogP contribution is 2.14. The molecule has 0 atom stereocenters. The molecule has 124 valence electrons. The molecule has 0 saturated carbocycles. The minimum Gasteiger partial charge on any atom is -0.497 e. The second-order valence-corrected chi connectivity index (χ2v) is 5.14. The van der Waals surface area contributed by atoms with Gasteiger partial charge in [-0.05, 0) is 42.8 Å². The molecule has 0 fully saturated rings. The van der Waals surface area contributed by atoms with Gasteiger partial charge in [-0.1, -0.05) is 29.8 Å². The number of ether oxygens (including phenoxy) is 2. The van der Waals surface area contributed by atoms with Gasteiger partial charge in [0.15, 0.2) is 0 Å². The standard InChI is InChI=1S/C19H19NO4/c1-13-4-8-15(9-5-13)18(21)20-17(19(22)24-3)12-14-6-10-16(23-2)11-7-14/h4-12H,1-3H3,(H,20,21). The molecule has 5 nitrogen and oxygen atoms in total. The first kappa shape index (κ1) is 17.3. The third-order valence-corrected chi connectivity index (χ3v) is 3.39. The summed E-state index contributed by atoms with van der Waals surface area (Å²) in [5.74, 6) is -0.290. The van der Waals surface area contributed by atoms with Gasteiger partial charge in [0.05, 0.1) is 14.2 Å². The second-order valence-electron chi connectivity index (χ2n) is 5.14. The van der Waals surface area contributed by atoms with Gasteiger partial charge in [-0.3, -0.25) is 4.79 Å². The number of hydrogen-bond acceptors (Lipinski definition) is 4. The Labute approximate surface area is 140 Å². The molecular formula is C19H19NO4. The molecule has 0 aliphatic carbocycles. The van der Waals surface area contributed by atoms with E-state index in [1.165, 1.54) is 7.11 Å². The van der Waals surface area contributed by atoms with E-state index in [0.717, 1.165) is 11.1 Å². The molecule has 2 aromatic rings. The van der Waals surface area contributed by atoms with Crippen LogP contribution in [-0.4, -0.2) is 26.1 Å². The van der Waals surface area contributed by atoms with Gasteiger partial charge in [-0.2, -0.15) is 0 Å². The molecule has 0 spiro atoms. The highest BCUT2D eigenvalue weighted by molar-refractivity contribution is 6.03. The Morgan fingerprint density at radius 3 is 2.12 bits per heavy atom. The van der Waals surface area contributed by atoms with Crippen molar-refractivity contribution in [3.63, 3.8) is 0 Å². The Hall–Kier alpha value is -3.08. The van der Waals surface area contributed by atoms with Gasteiger partial charge in [0, 0.05) is 5.56 Å². The van der Waals surface area contributed by atoms with Crippen LogP contribution < -0.4 is 10.1 Å². The third-order valence-electron chi connectivity index (χ3n) is 3.39. The lowest BCUT2D eigenvalue weighted by Crippen LogP contribution is -2.28.